The van der Waals surface area contributed by atoms with E-state index in [-0.39, 0.29) is 5.82 Å². The maximum Gasteiger partial charge on any atom is 0.405 e. The molecule has 0 atom stereocenters. The van der Waals surface area contributed by atoms with Gasteiger partial charge in [0.25, 0.3) is 0 Å². The molecule has 17 heavy (non-hydrogen) atoms. The zero-order valence-corrected chi connectivity index (χ0v) is 9.19. The first-order chi connectivity index (χ1) is 7.90. The van der Waals surface area contributed by atoms with Crippen molar-refractivity contribution in [1.29, 1.82) is 0 Å². The van der Waals surface area contributed by atoms with Crippen LogP contribution in [-0.4, -0.2) is 28.9 Å². The van der Waals surface area contributed by atoms with Gasteiger partial charge in [0.2, 0.25) is 0 Å². The number of carbonyl (C=O) groups is 1. The van der Waals surface area contributed by atoms with Crippen LogP contribution in [0.4, 0.5) is 23.8 Å². The predicted octanol–water partition coefficient (Wildman–Crippen LogP) is 2.05. The Hall–Kier alpha value is -1.73. The van der Waals surface area contributed by atoms with Crippen molar-refractivity contribution in [3.8, 4) is 0 Å². The highest BCUT2D eigenvalue weighted by atomic mass is 19.4. The summed E-state index contributed by atoms with van der Waals surface area (Å²) in [4.78, 5) is 11.1. The summed E-state index contributed by atoms with van der Waals surface area (Å²) in [7, 11) is 0. The third-order valence-electron chi connectivity index (χ3n) is 1.84. The lowest BCUT2D eigenvalue weighted by molar-refractivity contribution is -0.122. The Labute approximate surface area is 95.8 Å². The maximum atomic E-state index is 11.8. The molecule has 0 aliphatic rings. The van der Waals surface area contributed by atoms with Crippen LogP contribution in [0.5, 0.6) is 0 Å². The number of amides is 2. The van der Waals surface area contributed by atoms with E-state index in [2.05, 4.69) is 15.5 Å². The number of hydrogen-bond acceptors (Lipinski definition) is 2. The van der Waals surface area contributed by atoms with E-state index in [4.69, 9.17) is 0 Å². The molecule has 5 nitrogen and oxygen atoms in total. The lowest BCUT2D eigenvalue weighted by atomic mass is 10.2. The van der Waals surface area contributed by atoms with E-state index in [1.54, 1.807) is 11.4 Å². The minimum atomic E-state index is -4.42. The predicted molar refractivity (Wildman–Crippen MR) is 55.7 cm³/mol. The molecule has 0 bridgehead atoms. The molecular weight excluding hydrogens is 237 g/mol. The molecule has 0 spiro atoms. The van der Waals surface area contributed by atoms with Gasteiger partial charge < -0.3 is 5.32 Å². The monoisotopic (exact) mass is 250 g/mol. The number of rotatable bonds is 4. The van der Waals surface area contributed by atoms with Gasteiger partial charge in [-0.2, -0.15) is 18.3 Å². The molecule has 0 saturated heterocycles. The minimum Gasteiger partial charge on any atom is -0.329 e. The molecule has 0 aliphatic heterocycles. The van der Waals surface area contributed by atoms with Gasteiger partial charge in [0.05, 0.1) is 0 Å². The van der Waals surface area contributed by atoms with Crippen LogP contribution in [0.3, 0.4) is 0 Å². The van der Waals surface area contributed by atoms with Gasteiger partial charge in [0.15, 0.2) is 5.82 Å². The van der Waals surface area contributed by atoms with Gasteiger partial charge in [0.1, 0.15) is 6.54 Å². The summed E-state index contributed by atoms with van der Waals surface area (Å²) in [5.41, 5.74) is 0.818. The Morgan fingerprint density at radius 2 is 2.24 bits per heavy atom. The van der Waals surface area contributed by atoms with Gasteiger partial charge in [-0.05, 0) is 6.42 Å². The van der Waals surface area contributed by atoms with E-state index >= 15 is 0 Å². The quantitative estimate of drug-likeness (QED) is 0.765. The average Bonchev–Trinajstić information content (AvgIpc) is 2.62. The molecule has 3 N–H and O–H groups in total. The molecule has 8 heteroatoms. The van der Waals surface area contributed by atoms with Crippen LogP contribution in [0.1, 0.15) is 19.0 Å². The van der Waals surface area contributed by atoms with Crippen molar-refractivity contribution < 1.29 is 18.0 Å². The van der Waals surface area contributed by atoms with E-state index in [0.717, 1.165) is 18.5 Å². The van der Waals surface area contributed by atoms with Crippen LogP contribution in [0.2, 0.25) is 0 Å². The number of hydrogen-bond donors (Lipinski definition) is 3. The van der Waals surface area contributed by atoms with Crippen molar-refractivity contribution in [2.45, 2.75) is 25.9 Å². The largest absolute Gasteiger partial charge is 0.405 e. The van der Waals surface area contributed by atoms with E-state index < -0.39 is 18.8 Å². The summed E-state index contributed by atoms with van der Waals surface area (Å²) in [6.45, 7) is 0.606. The lowest BCUT2D eigenvalue weighted by Crippen LogP contribution is -2.36. The Balaban J connectivity index is 2.39. The number of aryl methyl sites for hydroxylation is 1. The van der Waals surface area contributed by atoms with Gasteiger partial charge in [-0.3, -0.25) is 10.4 Å². The number of nitrogens with one attached hydrogen (secondary N) is 3. The molecular formula is C9H13F3N4O. The summed E-state index contributed by atoms with van der Waals surface area (Å²) >= 11 is 0. The number of aromatic amines is 1. The zero-order chi connectivity index (χ0) is 12.9. The van der Waals surface area contributed by atoms with Crippen LogP contribution in [-0.2, 0) is 6.42 Å². The molecule has 1 aromatic rings. The fourth-order valence-corrected chi connectivity index (χ4v) is 1.16. The Morgan fingerprint density at radius 1 is 1.53 bits per heavy atom. The fourth-order valence-electron chi connectivity index (χ4n) is 1.16. The van der Waals surface area contributed by atoms with Crippen molar-refractivity contribution in [2.75, 3.05) is 11.9 Å². The number of alkyl halides is 3. The second-order valence-electron chi connectivity index (χ2n) is 3.45. The smallest absolute Gasteiger partial charge is 0.329 e. The number of H-pyrrole nitrogens is 1. The molecule has 96 valence electrons. The second-order valence-corrected chi connectivity index (χ2v) is 3.45. The fraction of sp³-hybridized carbons (Fsp3) is 0.556. The standard InChI is InChI=1S/C9H13F3N4O/c1-2-3-6-4-7(16-15-6)14-8(17)13-5-9(10,11)12/h4H,2-3,5H2,1H3,(H3,13,14,15,16,17). The number of nitrogens with zero attached hydrogens (tertiary/aromatic N) is 1. The molecule has 0 fully saturated rings. The Bertz CT molecular complexity index is 375. The number of halogens is 3. The van der Waals surface area contributed by atoms with Crippen LogP contribution in [0.15, 0.2) is 6.07 Å². The van der Waals surface area contributed by atoms with Crippen molar-refractivity contribution >= 4 is 11.8 Å². The van der Waals surface area contributed by atoms with Crippen LogP contribution in [0, 0.1) is 0 Å². The lowest BCUT2D eigenvalue weighted by Gasteiger charge is -2.07. The second kappa shape index (κ2) is 5.55. The topological polar surface area (TPSA) is 69.8 Å². The first-order valence-electron chi connectivity index (χ1n) is 5.06. The third-order valence-corrected chi connectivity index (χ3v) is 1.84. The highest BCUT2D eigenvalue weighted by Crippen LogP contribution is 2.12. The highest BCUT2D eigenvalue weighted by molar-refractivity contribution is 5.88. The van der Waals surface area contributed by atoms with E-state index in [1.165, 1.54) is 0 Å². The van der Waals surface area contributed by atoms with E-state index in [0.29, 0.717) is 0 Å². The molecule has 0 radical (unpaired) electrons. The minimum absolute atomic E-state index is 0.202. The first-order valence-corrected chi connectivity index (χ1v) is 5.06. The molecule has 0 aromatic carbocycles. The van der Waals surface area contributed by atoms with E-state index in [1.807, 2.05) is 6.92 Å². The normalized spacial score (nSPS) is 11.3. The summed E-state index contributed by atoms with van der Waals surface area (Å²) in [5.74, 6) is 0.202. The third kappa shape index (κ3) is 5.23. The van der Waals surface area contributed by atoms with Gasteiger partial charge in [-0.1, -0.05) is 13.3 Å². The highest BCUT2D eigenvalue weighted by Gasteiger charge is 2.27. The molecule has 0 unspecified atom stereocenters. The summed E-state index contributed by atoms with van der Waals surface area (Å²) in [6, 6.07) is 0.647. The molecule has 2 amide bonds. The summed E-state index contributed by atoms with van der Waals surface area (Å²) < 4.78 is 35.4. The Morgan fingerprint density at radius 3 is 2.82 bits per heavy atom. The summed E-state index contributed by atoms with van der Waals surface area (Å²) in [5, 5.41) is 10.3. The number of carbonyl (C=O) groups excluding carboxylic acids is 1. The van der Waals surface area contributed by atoms with Crippen molar-refractivity contribution in [1.82, 2.24) is 15.5 Å². The molecule has 1 heterocycles. The summed E-state index contributed by atoms with van der Waals surface area (Å²) in [6.07, 6.45) is -2.75. The zero-order valence-electron chi connectivity index (χ0n) is 9.19. The molecule has 0 saturated carbocycles. The van der Waals surface area contributed by atoms with E-state index in [9.17, 15) is 18.0 Å². The number of aromatic nitrogens is 2. The Kier molecular flexibility index (Phi) is 4.36. The van der Waals surface area contributed by atoms with Crippen LogP contribution in [0.25, 0.3) is 0 Å². The number of urea groups is 1. The molecule has 0 aliphatic carbocycles. The molecule has 1 aromatic heterocycles. The first kappa shape index (κ1) is 13.3. The van der Waals surface area contributed by atoms with Gasteiger partial charge in [-0.15, -0.1) is 0 Å². The van der Waals surface area contributed by atoms with Crippen molar-refractivity contribution in [2.24, 2.45) is 0 Å². The van der Waals surface area contributed by atoms with Crippen LogP contribution < -0.4 is 10.6 Å². The van der Waals surface area contributed by atoms with Crippen molar-refractivity contribution in [3.63, 3.8) is 0 Å². The van der Waals surface area contributed by atoms with Gasteiger partial charge in [-0.25, -0.2) is 4.79 Å². The molecule has 1 rings (SSSR count). The number of anilines is 1. The van der Waals surface area contributed by atoms with Gasteiger partial charge in [0, 0.05) is 11.8 Å². The van der Waals surface area contributed by atoms with Crippen molar-refractivity contribution in [3.05, 3.63) is 11.8 Å². The maximum absolute atomic E-state index is 11.8. The van der Waals surface area contributed by atoms with Crippen LogP contribution >= 0.6 is 0 Å². The van der Waals surface area contributed by atoms with Gasteiger partial charge >= 0.3 is 12.2 Å². The average molecular weight is 250 g/mol. The SMILES string of the molecule is CCCc1cc(NC(=O)NCC(F)(F)F)n[nH]1.